The van der Waals surface area contributed by atoms with Crippen molar-refractivity contribution < 1.29 is 9.53 Å². The molecule has 18 heavy (non-hydrogen) atoms. The molecule has 0 bridgehead atoms. The minimum Gasteiger partial charge on any atom is -0.465 e. The van der Waals surface area contributed by atoms with Crippen LogP contribution in [0.3, 0.4) is 0 Å². The van der Waals surface area contributed by atoms with Crippen molar-refractivity contribution in [2.75, 3.05) is 24.7 Å². The lowest BCUT2D eigenvalue weighted by molar-refractivity contribution is 0.0605. The number of nitrogens with one attached hydrogen (secondary N) is 1. The van der Waals surface area contributed by atoms with E-state index >= 15 is 0 Å². The van der Waals surface area contributed by atoms with Gasteiger partial charge in [0.15, 0.2) is 5.13 Å². The molecule has 0 spiro atoms. The van der Waals surface area contributed by atoms with Crippen LogP contribution in [0.5, 0.6) is 0 Å². The number of aromatic nitrogens is 1. The Hall–Kier alpha value is -0.750. The molecule has 1 aromatic heterocycles. The normalized spacial score (nSPS) is 19.6. The van der Waals surface area contributed by atoms with Crippen LogP contribution >= 0.6 is 23.1 Å². The number of esters is 1. The van der Waals surface area contributed by atoms with E-state index < -0.39 is 0 Å². The number of carbonyl (C=O) groups is 1. The zero-order valence-corrected chi connectivity index (χ0v) is 12.3. The van der Waals surface area contributed by atoms with Crippen LogP contribution in [-0.2, 0) is 4.74 Å². The zero-order chi connectivity index (χ0) is 13.0. The lowest BCUT2D eigenvalue weighted by Crippen LogP contribution is -2.19. The number of nitrogens with zero attached hydrogens (tertiary/aromatic N) is 1. The van der Waals surface area contributed by atoms with Crippen LogP contribution in [0.4, 0.5) is 5.13 Å². The van der Waals surface area contributed by atoms with E-state index in [-0.39, 0.29) is 5.97 Å². The third kappa shape index (κ3) is 3.38. The number of hydrogen-bond acceptors (Lipinski definition) is 6. The quantitative estimate of drug-likeness (QED) is 0.862. The van der Waals surface area contributed by atoms with Crippen molar-refractivity contribution >= 4 is 34.2 Å². The van der Waals surface area contributed by atoms with Crippen LogP contribution in [0.2, 0.25) is 0 Å². The van der Waals surface area contributed by atoms with Gasteiger partial charge in [-0.2, -0.15) is 11.8 Å². The number of carbonyl (C=O) groups excluding carboxylic acids is 1. The molecule has 4 nitrogen and oxygen atoms in total. The first-order valence-electron chi connectivity index (χ1n) is 6.12. The standard InChI is InChI=1S/C12H18N2O2S2/c1-8-10(11(15)16-2)18-12(14-8)13-7-9-5-3-4-6-17-9/h9H,3-7H2,1-2H3,(H,13,14). The molecule has 0 aliphatic carbocycles. The number of hydrogen-bond donors (Lipinski definition) is 1. The van der Waals surface area contributed by atoms with Crippen molar-refractivity contribution in [3.8, 4) is 0 Å². The van der Waals surface area contributed by atoms with Gasteiger partial charge >= 0.3 is 5.97 Å². The van der Waals surface area contributed by atoms with E-state index in [0.29, 0.717) is 10.1 Å². The largest absolute Gasteiger partial charge is 0.465 e. The fourth-order valence-electron chi connectivity index (χ4n) is 1.92. The summed E-state index contributed by atoms with van der Waals surface area (Å²) in [5, 5.41) is 4.82. The Morgan fingerprint density at radius 3 is 3.06 bits per heavy atom. The molecular weight excluding hydrogens is 268 g/mol. The van der Waals surface area contributed by atoms with Crippen molar-refractivity contribution in [3.63, 3.8) is 0 Å². The van der Waals surface area contributed by atoms with E-state index in [9.17, 15) is 4.79 Å². The molecule has 1 unspecified atom stereocenters. The Kier molecular flexibility index (Phi) is 4.88. The fraction of sp³-hybridized carbons (Fsp3) is 0.667. The highest BCUT2D eigenvalue weighted by Crippen LogP contribution is 2.27. The molecule has 1 aliphatic heterocycles. The first-order valence-corrected chi connectivity index (χ1v) is 7.98. The van der Waals surface area contributed by atoms with Gasteiger partial charge in [-0.3, -0.25) is 0 Å². The zero-order valence-electron chi connectivity index (χ0n) is 10.7. The lowest BCUT2D eigenvalue weighted by Gasteiger charge is -2.21. The third-order valence-electron chi connectivity index (χ3n) is 2.92. The Balaban J connectivity index is 1.91. The molecule has 1 atom stereocenters. The summed E-state index contributed by atoms with van der Waals surface area (Å²) >= 11 is 3.40. The molecule has 0 radical (unpaired) electrons. The van der Waals surface area contributed by atoms with Crippen LogP contribution in [0.1, 0.15) is 34.6 Å². The Bertz CT molecular complexity index is 414. The molecule has 1 aromatic rings. The highest BCUT2D eigenvalue weighted by molar-refractivity contribution is 7.99. The topological polar surface area (TPSA) is 51.2 Å². The number of ether oxygens (including phenoxy) is 1. The lowest BCUT2D eigenvalue weighted by atomic mass is 10.2. The van der Waals surface area contributed by atoms with Crippen molar-refractivity contribution in [3.05, 3.63) is 10.6 Å². The maximum atomic E-state index is 11.5. The second kappa shape index (κ2) is 6.43. The molecule has 0 amide bonds. The summed E-state index contributed by atoms with van der Waals surface area (Å²) in [5.74, 6) is 0.960. The Labute approximate surface area is 116 Å². The van der Waals surface area contributed by atoms with Gasteiger partial charge in [0.2, 0.25) is 0 Å². The Morgan fingerprint density at radius 2 is 2.39 bits per heavy atom. The van der Waals surface area contributed by atoms with E-state index in [1.165, 1.54) is 43.5 Å². The summed E-state index contributed by atoms with van der Waals surface area (Å²) in [4.78, 5) is 16.4. The van der Waals surface area contributed by atoms with Gasteiger partial charge in [-0.15, -0.1) is 0 Å². The highest BCUT2D eigenvalue weighted by atomic mass is 32.2. The number of thiazole rings is 1. The number of rotatable bonds is 4. The number of methoxy groups -OCH3 is 1. The maximum Gasteiger partial charge on any atom is 0.350 e. The summed E-state index contributed by atoms with van der Waals surface area (Å²) in [7, 11) is 1.40. The molecule has 100 valence electrons. The van der Waals surface area contributed by atoms with Crippen LogP contribution in [0.15, 0.2) is 0 Å². The molecule has 2 rings (SSSR count). The second-order valence-corrected chi connectivity index (χ2v) is 6.70. The minimum absolute atomic E-state index is 0.301. The molecule has 1 aliphatic rings. The minimum atomic E-state index is -0.301. The van der Waals surface area contributed by atoms with Crippen molar-refractivity contribution in [2.24, 2.45) is 0 Å². The second-order valence-electron chi connectivity index (χ2n) is 4.29. The average Bonchev–Trinajstić information content (AvgIpc) is 2.78. The molecule has 2 heterocycles. The fourth-order valence-corrected chi connectivity index (χ4v) is 4.05. The van der Waals surface area contributed by atoms with Crippen LogP contribution in [-0.4, -0.2) is 35.6 Å². The maximum absolute atomic E-state index is 11.5. The molecule has 1 N–H and O–H groups in total. The van der Waals surface area contributed by atoms with E-state index in [0.717, 1.165) is 17.4 Å². The number of aryl methyl sites for hydroxylation is 1. The number of thioether (sulfide) groups is 1. The summed E-state index contributed by atoms with van der Waals surface area (Å²) in [6, 6.07) is 0. The van der Waals surface area contributed by atoms with E-state index in [1.54, 1.807) is 0 Å². The van der Waals surface area contributed by atoms with Gasteiger partial charge in [-0.25, -0.2) is 9.78 Å². The molecule has 0 saturated carbocycles. The van der Waals surface area contributed by atoms with Gasteiger partial charge in [0.25, 0.3) is 0 Å². The molecule has 1 saturated heterocycles. The summed E-state index contributed by atoms with van der Waals surface area (Å²) < 4.78 is 4.72. The highest BCUT2D eigenvalue weighted by Gasteiger charge is 2.17. The van der Waals surface area contributed by atoms with E-state index in [2.05, 4.69) is 10.3 Å². The van der Waals surface area contributed by atoms with Gasteiger partial charge < -0.3 is 10.1 Å². The summed E-state index contributed by atoms with van der Waals surface area (Å²) in [6.45, 7) is 2.77. The molecule has 1 fully saturated rings. The SMILES string of the molecule is COC(=O)c1sc(NCC2CCCCS2)nc1C. The third-order valence-corrected chi connectivity index (χ3v) is 5.42. The van der Waals surface area contributed by atoms with Crippen molar-refractivity contribution in [2.45, 2.75) is 31.4 Å². The van der Waals surface area contributed by atoms with E-state index in [4.69, 9.17) is 4.74 Å². The smallest absolute Gasteiger partial charge is 0.350 e. The first-order chi connectivity index (χ1) is 8.70. The van der Waals surface area contributed by atoms with Crippen LogP contribution in [0.25, 0.3) is 0 Å². The van der Waals surface area contributed by atoms with Crippen LogP contribution in [0, 0.1) is 6.92 Å². The number of anilines is 1. The van der Waals surface area contributed by atoms with Gasteiger partial charge in [-0.05, 0) is 25.5 Å². The van der Waals surface area contributed by atoms with E-state index in [1.807, 2.05) is 18.7 Å². The van der Waals surface area contributed by atoms with Gasteiger partial charge in [0.05, 0.1) is 12.8 Å². The van der Waals surface area contributed by atoms with Gasteiger partial charge in [0.1, 0.15) is 4.88 Å². The van der Waals surface area contributed by atoms with Gasteiger partial charge in [0, 0.05) is 11.8 Å². The average molecular weight is 286 g/mol. The van der Waals surface area contributed by atoms with Gasteiger partial charge in [-0.1, -0.05) is 17.8 Å². The first kappa shape index (κ1) is 13.7. The molecule has 0 aromatic carbocycles. The monoisotopic (exact) mass is 286 g/mol. The predicted octanol–water partition coefficient (Wildman–Crippen LogP) is 2.94. The van der Waals surface area contributed by atoms with Crippen molar-refractivity contribution in [1.82, 2.24) is 4.98 Å². The molecule has 6 heteroatoms. The Morgan fingerprint density at radius 1 is 1.56 bits per heavy atom. The summed E-state index contributed by atoms with van der Waals surface area (Å²) in [5.41, 5.74) is 0.741. The van der Waals surface area contributed by atoms with Crippen molar-refractivity contribution in [1.29, 1.82) is 0 Å². The predicted molar refractivity (Wildman–Crippen MR) is 76.8 cm³/mol. The molecular formula is C12H18N2O2S2. The summed E-state index contributed by atoms with van der Waals surface area (Å²) in [6.07, 6.45) is 3.93. The van der Waals surface area contributed by atoms with Crippen LogP contribution < -0.4 is 5.32 Å².